The fourth-order valence-electron chi connectivity index (χ4n) is 2.11. The zero-order valence-electron chi connectivity index (χ0n) is 13.8. The number of hydrogen-bond acceptors (Lipinski definition) is 5. The van der Waals surface area contributed by atoms with E-state index in [1.807, 2.05) is 33.8 Å². The van der Waals surface area contributed by atoms with Gasteiger partial charge in [0, 0.05) is 7.11 Å². The SMILES string of the molecule is COCCOc1cc(B2OC(C)(C)C(C)(C)O2)ccc1C#N. The zero-order valence-corrected chi connectivity index (χ0v) is 13.8. The van der Waals surface area contributed by atoms with E-state index in [-0.39, 0.29) is 0 Å². The summed E-state index contributed by atoms with van der Waals surface area (Å²) in [4.78, 5) is 0. The maximum Gasteiger partial charge on any atom is 0.494 e. The number of rotatable bonds is 5. The van der Waals surface area contributed by atoms with Gasteiger partial charge in [-0.3, -0.25) is 0 Å². The van der Waals surface area contributed by atoms with Crippen molar-refractivity contribution in [2.24, 2.45) is 0 Å². The molecule has 1 aromatic rings. The van der Waals surface area contributed by atoms with E-state index in [1.54, 1.807) is 19.2 Å². The van der Waals surface area contributed by atoms with Crippen LogP contribution in [0.5, 0.6) is 5.75 Å². The second kappa shape index (κ2) is 6.29. The lowest BCUT2D eigenvalue weighted by Crippen LogP contribution is -2.41. The van der Waals surface area contributed by atoms with E-state index in [4.69, 9.17) is 18.8 Å². The average molecular weight is 303 g/mol. The van der Waals surface area contributed by atoms with Crippen molar-refractivity contribution < 1.29 is 18.8 Å². The molecule has 1 aliphatic rings. The van der Waals surface area contributed by atoms with Crippen LogP contribution >= 0.6 is 0 Å². The Hall–Kier alpha value is -1.55. The Labute approximate surface area is 132 Å². The van der Waals surface area contributed by atoms with Crippen LogP contribution in [0.4, 0.5) is 0 Å². The molecule has 22 heavy (non-hydrogen) atoms. The second-order valence-electron chi connectivity index (χ2n) is 6.30. The Balaban J connectivity index is 2.23. The first-order valence-corrected chi connectivity index (χ1v) is 7.32. The van der Waals surface area contributed by atoms with Gasteiger partial charge in [-0.25, -0.2) is 0 Å². The highest BCUT2D eigenvalue weighted by Gasteiger charge is 2.51. The molecule has 0 unspecified atom stereocenters. The van der Waals surface area contributed by atoms with E-state index < -0.39 is 18.3 Å². The number of methoxy groups -OCH3 is 1. The van der Waals surface area contributed by atoms with Crippen LogP contribution in [0.15, 0.2) is 18.2 Å². The van der Waals surface area contributed by atoms with Crippen LogP contribution < -0.4 is 10.2 Å². The summed E-state index contributed by atoms with van der Waals surface area (Å²) in [6.07, 6.45) is 0. The van der Waals surface area contributed by atoms with Crippen molar-refractivity contribution in [3.63, 3.8) is 0 Å². The highest BCUT2D eigenvalue weighted by molar-refractivity contribution is 6.62. The number of benzene rings is 1. The lowest BCUT2D eigenvalue weighted by Gasteiger charge is -2.32. The number of hydrogen-bond donors (Lipinski definition) is 0. The summed E-state index contributed by atoms with van der Waals surface area (Å²) in [5.74, 6) is 0.520. The number of ether oxygens (including phenoxy) is 2. The standard InChI is InChI=1S/C16H22BNO4/c1-15(2)16(3,4)22-17(21-15)13-7-6-12(11-18)14(10-13)20-9-8-19-5/h6-7,10H,8-9H2,1-5H3. The summed E-state index contributed by atoms with van der Waals surface area (Å²) < 4.78 is 22.6. The third-order valence-electron chi connectivity index (χ3n) is 4.20. The minimum atomic E-state index is -0.470. The van der Waals surface area contributed by atoms with Crippen molar-refractivity contribution in [2.45, 2.75) is 38.9 Å². The minimum Gasteiger partial charge on any atom is -0.490 e. The van der Waals surface area contributed by atoms with Gasteiger partial charge in [-0.1, -0.05) is 6.07 Å². The summed E-state index contributed by atoms with van der Waals surface area (Å²) in [5, 5.41) is 9.17. The van der Waals surface area contributed by atoms with E-state index in [0.29, 0.717) is 24.5 Å². The van der Waals surface area contributed by atoms with Crippen LogP contribution in [0.1, 0.15) is 33.3 Å². The van der Waals surface area contributed by atoms with Crippen LogP contribution in [0.2, 0.25) is 0 Å². The van der Waals surface area contributed by atoms with Crippen molar-refractivity contribution in [1.82, 2.24) is 0 Å². The second-order valence-corrected chi connectivity index (χ2v) is 6.30. The van der Waals surface area contributed by atoms with E-state index >= 15 is 0 Å². The molecule has 0 atom stereocenters. The molecule has 0 N–H and O–H groups in total. The van der Waals surface area contributed by atoms with Crippen molar-refractivity contribution >= 4 is 12.6 Å². The molecule has 0 bridgehead atoms. The van der Waals surface area contributed by atoms with Gasteiger partial charge in [0.05, 0.1) is 23.4 Å². The fourth-order valence-corrected chi connectivity index (χ4v) is 2.11. The largest absolute Gasteiger partial charge is 0.494 e. The van der Waals surface area contributed by atoms with Crippen molar-refractivity contribution in [3.8, 4) is 11.8 Å². The zero-order chi connectivity index (χ0) is 16.4. The van der Waals surface area contributed by atoms with Gasteiger partial charge in [0.1, 0.15) is 18.4 Å². The monoisotopic (exact) mass is 303 g/mol. The smallest absolute Gasteiger partial charge is 0.490 e. The third kappa shape index (κ3) is 3.27. The Morgan fingerprint density at radius 3 is 2.32 bits per heavy atom. The molecular weight excluding hydrogens is 281 g/mol. The first-order chi connectivity index (χ1) is 10.3. The van der Waals surface area contributed by atoms with Gasteiger partial charge in [0.2, 0.25) is 0 Å². The maximum absolute atomic E-state index is 9.17. The van der Waals surface area contributed by atoms with Gasteiger partial charge >= 0.3 is 7.12 Å². The fraction of sp³-hybridized carbons (Fsp3) is 0.562. The van der Waals surface area contributed by atoms with E-state index in [9.17, 15) is 5.26 Å². The van der Waals surface area contributed by atoms with Crippen LogP contribution in [-0.4, -0.2) is 38.6 Å². The molecule has 0 spiro atoms. The van der Waals surface area contributed by atoms with Gasteiger partial charge in [-0.15, -0.1) is 0 Å². The Kier molecular flexibility index (Phi) is 4.81. The average Bonchev–Trinajstić information content (AvgIpc) is 2.67. The van der Waals surface area contributed by atoms with Crippen molar-refractivity contribution in [2.75, 3.05) is 20.3 Å². The molecule has 1 saturated heterocycles. The molecule has 6 heteroatoms. The minimum absolute atomic E-state index is 0.387. The van der Waals surface area contributed by atoms with E-state index in [2.05, 4.69) is 6.07 Å². The molecule has 0 aromatic heterocycles. The highest BCUT2D eigenvalue weighted by Crippen LogP contribution is 2.36. The lowest BCUT2D eigenvalue weighted by atomic mass is 9.78. The van der Waals surface area contributed by atoms with Gasteiger partial charge in [0.25, 0.3) is 0 Å². The van der Waals surface area contributed by atoms with Gasteiger partial charge in [0.15, 0.2) is 0 Å². The number of nitriles is 1. The Morgan fingerprint density at radius 1 is 1.14 bits per heavy atom. The van der Waals surface area contributed by atoms with Crippen molar-refractivity contribution in [1.29, 1.82) is 5.26 Å². The molecule has 1 aromatic carbocycles. The molecule has 1 aliphatic heterocycles. The first kappa shape index (κ1) is 16.8. The lowest BCUT2D eigenvalue weighted by molar-refractivity contribution is 0.00578. The van der Waals surface area contributed by atoms with Gasteiger partial charge in [-0.05, 0) is 45.3 Å². The molecule has 2 rings (SSSR count). The van der Waals surface area contributed by atoms with Gasteiger partial charge in [-0.2, -0.15) is 5.26 Å². The summed E-state index contributed by atoms with van der Waals surface area (Å²) in [6.45, 7) is 8.88. The Morgan fingerprint density at radius 2 is 1.77 bits per heavy atom. The maximum atomic E-state index is 9.17. The number of nitrogens with zero attached hydrogens (tertiary/aromatic N) is 1. The van der Waals surface area contributed by atoms with Gasteiger partial charge < -0.3 is 18.8 Å². The quantitative estimate of drug-likeness (QED) is 0.614. The van der Waals surface area contributed by atoms with Crippen LogP contribution in [0, 0.1) is 11.3 Å². The summed E-state index contributed by atoms with van der Waals surface area (Å²) in [6, 6.07) is 7.49. The highest BCUT2D eigenvalue weighted by atomic mass is 16.7. The van der Waals surface area contributed by atoms with Crippen LogP contribution in [0.25, 0.3) is 0 Å². The van der Waals surface area contributed by atoms with E-state index in [0.717, 1.165) is 5.46 Å². The van der Waals surface area contributed by atoms with Crippen LogP contribution in [0.3, 0.4) is 0 Å². The molecule has 5 nitrogen and oxygen atoms in total. The molecule has 0 aliphatic carbocycles. The van der Waals surface area contributed by atoms with E-state index in [1.165, 1.54) is 0 Å². The van der Waals surface area contributed by atoms with Crippen LogP contribution in [-0.2, 0) is 14.0 Å². The molecule has 0 radical (unpaired) electrons. The molecular formula is C16H22BNO4. The predicted octanol–water partition coefficient (Wildman–Crippen LogP) is 1.88. The molecule has 1 fully saturated rings. The third-order valence-corrected chi connectivity index (χ3v) is 4.20. The molecule has 0 amide bonds. The van der Waals surface area contributed by atoms with Crippen molar-refractivity contribution in [3.05, 3.63) is 23.8 Å². The Bertz CT molecular complexity index is 564. The predicted molar refractivity (Wildman–Crippen MR) is 84.2 cm³/mol. The molecule has 118 valence electrons. The normalized spacial score (nSPS) is 19.0. The summed E-state index contributed by atoms with van der Waals surface area (Å²) >= 11 is 0. The first-order valence-electron chi connectivity index (χ1n) is 7.32. The molecule has 0 saturated carbocycles. The summed E-state index contributed by atoms with van der Waals surface area (Å²) in [5.41, 5.74) is 0.520. The summed E-state index contributed by atoms with van der Waals surface area (Å²) in [7, 11) is 1.14. The topological polar surface area (TPSA) is 60.7 Å². The molecule has 1 heterocycles.